The molecule has 1 fully saturated rings. The number of allylic oxidation sites excluding steroid dienone is 2. The molecule has 9 nitrogen and oxygen atoms in total. The zero-order valence-electron chi connectivity index (χ0n) is 20.2. The zero-order valence-corrected chi connectivity index (χ0v) is 21.7. The molecule has 0 spiro atoms. The van der Waals surface area contributed by atoms with Crippen LogP contribution in [-0.4, -0.2) is 50.1 Å². The number of rotatable bonds is 7. The Morgan fingerprint density at radius 3 is 2.72 bits per heavy atom. The first-order valence-corrected chi connectivity index (χ1v) is 12.2. The summed E-state index contributed by atoms with van der Waals surface area (Å²) in [5, 5.41) is 13.6. The van der Waals surface area contributed by atoms with Gasteiger partial charge in [-0.3, -0.25) is 4.90 Å². The molecule has 0 saturated carbocycles. The number of likely N-dealkylation sites (tertiary alicyclic amines) is 1. The Kier molecular flexibility index (Phi) is 7.23. The Balaban J connectivity index is 1.46. The maximum Gasteiger partial charge on any atom is 0.416 e. The van der Waals surface area contributed by atoms with Crippen LogP contribution in [0.5, 0.6) is 5.75 Å². The summed E-state index contributed by atoms with van der Waals surface area (Å²) in [6.07, 6.45) is -0.359. The summed E-state index contributed by atoms with van der Waals surface area (Å²) in [5.74, 6) is 0.288. The fourth-order valence-electron chi connectivity index (χ4n) is 4.13. The highest BCUT2D eigenvalue weighted by molar-refractivity contribution is 6.69. The molecular formula is C24H20Cl2F4N8O. The van der Waals surface area contributed by atoms with E-state index in [-0.39, 0.29) is 64.3 Å². The van der Waals surface area contributed by atoms with Crippen molar-refractivity contribution in [3.63, 3.8) is 0 Å². The van der Waals surface area contributed by atoms with Gasteiger partial charge < -0.3 is 25.3 Å². The molecule has 2 aromatic heterocycles. The first-order chi connectivity index (χ1) is 18.5. The van der Waals surface area contributed by atoms with Crippen molar-refractivity contribution in [3.8, 4) is 5.75 Å². The average molecular weight is 583 g/mol. The average Bonchev–Trinajstić information content (AvgIpc) is 3.18. The summed E-state index contributed by atoms with van der Waals surface area (Å²) in [6, 6.07) is 3.58. The molecule has 1 aromatic carbocycles. The van der Waals surface area contributed by atoms with Gasteiger partial charge in [0.25, 0.3) is 0 Å². The quantitative estimate of drug-likeness (QED) is 0.193. The van der Waals surface area contributed by atoms with Crippen LogP contribution in [0, 0.1) is 5.41 Å². The lowest BCUT2D eigenvalue weighted by molar-refractivity contribution is -0.137. The smallest absolute Gasteiger partial charge is 0.416 e. The van der Waals surface area contributed by atoms with Gasteiger partial charge in [0, 0.05) is 44.8 Å². The standard InChI is InChI=1S/C24H20Cl2F4N8O/c1-37-20-18(25)17(39-16(7-31)19-21(26)33-3-2-32-19)8-34-22(20)36-23(37)35-15-5-12(9-38-10-14(27)11-38)4-13(6-15)24(28,29)30/h2-8,14,31-32H,9-11H2,1H3,(H,34,35,36)/b19-16+,31-7?. The van der Waals surface area contributed by atoms with Gasteiger partial charge >= 0.3 is 6.18 Å². The van der Waals surface area contributed by atoms with Gasteiger partial charge in [0.05, 0.1) is 18.0 Å². The molecular weight excluding hydrogens is 563 g/mol. The number of nitrogens with zero attached hydrogens (tertiary/aromatic N) is 5. The van der Waals surface area contributed by atoms with Crippen LogP contribution in [-0.2, 0) is 19.8 Å². The van der Waals surface area contributed by atoms with Gasteiger partial charge in [-0.25, -0.2) is 14.4 Å². The fourth-order valence-corrected chi connectivity index (χ4v) is 4.63. The number of imidazole rings is 1. The van der Waals surface area contributed by atoms with E-state index in [1.54, 1.807) is 18.0 Å². The van der Waals surface area contributed by atoms with Crippen LogP contribution in [0.3, 0.4) is 0 Å². The number of pyridine rings is 1. The van der Waals surface area contributed by atoms with Crippen LogP contribution in [0.1, 0.15) is 11.1 Å². The van der Waals surface area contributed by atoms with Gasteiger partial charge in [-0.15, -0.1) is 0 Å². The third-order valence-electron chi connectivity index (χ3n) is 5.99. The number of alkyl halides is 4. The second-order valence-corrected chi connectivity index (χ2v) is 9.54. The summed E-state index contributed by atoms with van der Waals surface area (Å²) >= 11 is 12.7. The van der Waals surface area contributed by atoms with Crippen molar-refractivity contribution in [1.29, 1.82) is 5.41 Å². The van der Waals surface area contributed by atoms with Crippen molar-refractivity contribution in [2.24, 2.45) is 12.0 Å². The van der Waals surface area contributed by atoms with Crippen molar-refractivity contribution in [2.75, 3.05) is 18.4 Å². The van der Waals surface area contributed by atoms with Crippen molar-refractivity contribution < 1.29 is 22.3 Å². The fraction of sp³-hybridized carbons (Fsp3) is 0.250. The molecule has 1 saturated heterocycles. The van der Waals surface area contributed by atoms with Gasteiger partial charge in [-0.05, 0) is 23.8 Å². The molecule has 0 atom stereocenters. The molecule has 2 aliphatic heterocycles. The lowest BCUT2D eigenvalue weighted by atomic mass is 10.1. The number of hydrogen-bond donors (Lipinski definition) is 3. The summed E-state index contributed by atoms with van der Waals surface area (Å²) in [7, 11) is 1.61. The predicted octanol–water partition coefficient (Wildman–Crippen LogP) is 5.49. The molecule has 0 bridgehead atoms. The van der Waals surface area contributed by atoms with Crippen molar-refractivity contribution in [1.82, 2.24) is 24.8 Å². The summed E-state index contributed by atoms with van der Waals surface area (Å²) in [5.41, 5.74) is 0.476. The number of ether oxygens (including phenoxy) is 1. The van der Waals surface area contributed by atoms with Gasteiger partial charge in [-0.1, -0.05) is 23.2 Å². The maximum absolute atomic E-state index is 13.6. The highest BCUT2D eigenvalue weighted by atomic mass is 35.5. The molecule has 2 aliphatic rings. The van der Waals surface area contributed by atoms with Gasteiger partial charge in [-0.2, -0.15) is 18.2 Å². The van der Waals surface area contributed by atoms with Crippen LogP contribution in [0.4, 0.5) is 29.2 Å². The van der Waals surface area contributed by atoms with E-state index in [4.69, 9.17) is 33.3 Å². The topological polar surface area (TPSA) is 103 Å². The molecule has 204 valence electrons. The molecule has 4 heterocycles. The monoisotopic (exact) mass is 582 g/mol. The van der Waals surface area contributed by atoms with Gasteiger partial charge in [0.2, 0.25) is 5.95 Å². The number of aromatic nitrogens is 3. The van der Waals surface area contributed by atoms with E-state index < -0.39 is 17.9 Å². The van der Waals surface area contributed by atoms with E-state index in [1.807, 2.05) is 0 Å². The number of fused-ring (bicyclic) bond motifs is 1. The molecule has 0 radical (unpaired) electrons. The predicted molar refractivity (Wildman–Crippen MR) is 140 cm³/mol. The van der Waals surface area contributed by atoms with Crippen molar-refractivity contribution in [3.05, 3.63) is 64.4 Å². The number of nitrogens with one attached hydrogen (secondary N) is 3. The molecule has 3 aromatic rings. The lowest BCUT2D eigenvalue weighted by Gasteiger charge is -2.34. The van der Waals surface area contributed by atoms with E-state index in [0.717, 1.165) is 18.3 Å². The highest BCUT2D eigenvalue weighted by Crippen LogP contribution is 2.36. The first kappa shape index (κ1) is 26.9. The highest BCUT2D eigenvalue weighted by Gasteiger charge is 2.32. The Labute approximate surface area is 229 Å². The third kappa shape index (κ3) is 5.56. The third-order valence-corrected chi connectivity index (χ3v) is 6.65. The van der Waals surface area contributed by atoms with Gasteiger partial charge in [0.15, 0.2) is 22.3 Å². The van der Waals surface area contributed by atoms with E-state index in [1.165, 1.54) is 23.2 Å². The molecule has 5 rings (SSSR count). The Morgan fingerprint density at radius 2 is 2.05 bits per heavy atom. The number of halogens is 6. The van der Waals surface area contributed by atoms with Gasteiger partial charge in [0.1, 0.15) is 22.4 Å². The van der Waals surface area contributed by atoms with Crippen LogP contribution in [0.15, 0.2) is 53.2 Å². The summed E-state index contributed by atoms with van der Waals surface area (Å²) < 4.78 is 61.4. The van der Waals surface area contributed by atoms with E-state index in [9.17, 15) is 17.6 Å². The molecule has 0 amide bonds. The first-order valence-electron chi connectivity index (χ1n) is 11.5. The van der Waals surface area contributed by atoms with Crippen molar-refractivity contribution in [2.45, 2.75) is 18.9 Å². The Hall–Kier alpha value is -3.68. The zero-order chi connectivity index (χ0) is 27.9. The number of aryl methyl sites for hydroxylation is 1. The largest absolute Gasteiger partial charge is 0.450 e. The molecule has 0 unspecified atom stereocenters. The van der Waals surface area contributed by atoms with E-state index in [2.05, 4.69) is 25.6 Å². The minimum absolute atomic E-state index is 0.0226. The minimum Gasteiger partial charge on any atom is -0.450 e. The second-order valence-electron chi connectivity index (χ2n) is 8.80. The summed E-state index contributed by atoms with van der Waals surface area (Å²) in [4.78, 5) is 14.3. The van der Waals surface area contributed by atoms with E-state index >= 15 is 0 Å². The normalized spacial score (nSPS) is 17.5. The van der Waals surface area contributed by atoms with Crippen LogP contribution >= 0.6 is 23.2 Å². The van der Waals surface area contributed by atoms with Crippen molar-refractivity contribution >= 4 is 57.4 Å². The Bertz CT molecular complexity index is 1540. The van der Waals surface area contributed by atoms with Crippen LogP contribution < -0.4 is 15.4 Å². The van der Waals surface area contributed by atoms with Crippen LogP contribution in [0.2, 0.25) is 5.02 Å². The van der Waals surface area contributed by atoms with E-state index in [0.29, 0.717) is 11.1 Å². The Morgan fingerprint density at radius 1 is 1.28 bits per heavy atom. The number of hydrogen-bond acceptors (Lipinski definition) is 8. The number of aliphatic imine (C=N–C) groups is 1. The number of anilines is 2. The van der Waals surface area contributed by atoms with Crippen LogP contribution in [0.25, 0.3) is 11.2 Å². The molecule has 3 N–H and O–H groups in total. The maximum atomic E-state index is 13.6. The second kappa shape index (κ2) is 10.5. The molecule has 39 heavy (non-hydrogen) atoms. The minimum atomic E-state index is -4.58. The number of benzene rings is 1. The summed E-state index contributed by atoms with van der Waals surface area (Å²) in [6.45, 7) is 0.542. The molecule has 0 aliphatic carbocycles. The lowest BCUT2D eigenvalue weighted by Crippen LogP contribution is -2.47. The SMILES string of the molecule is Cn1c(Nc2cc(CN3CC(F)C3)cc(C(F)(F)F)c2)nc2ncc(O/C(C=N)=C3/NC=CN=C3Cl)c(Cl)c21. The molecule has 15 heteroatoms.